The first-order valence-corrected chi connectivity index (χ1v) is 16.8. The fraction of sp³-hybridized carbons (Fsp3) is 0.514. The van der Waals surface area contributed by atoms with Gasteiger partial charge in [0.05, 0.1) is 17.3 Å². The second-order valence-electron chi connectivity index (χ2n) is 13.2. The zero-order valence-electron chi connectivity index (χ0n) is 27.4. The second kappa shape index (κ2) is 15.7. The number of piperazine rings is 1. The Balaban J connectivity index is 1.29. The van der Waals surface area contributed by atoms with Crippen molar-refractivity contribution < 1.29 is 32.3 Å². The maximum absolute atomic E-state index is 15.5. The summed E-state index contributed by atoms with van der Waals surface area (Å²) in [5, 5.41) is 19.4. The van der Waals surface area contributed by atoms with E-state index in [1.807, 2.05) is 7.05 Å². The standard InChI is InChI=1S/C35H42F3N7O4/c1-44-14-16-45(17-15-44)32(47)29(42-34(49)40-26-11-12-26)20-22-10-13-28(27(36)19-22)41-31(46)30(24-7-3-2-4-8-24)43-33(48)35(37,38)25-9-5-6-23(18-25)21-39/h5-6,9-10,13,18-19,24,26,29-30H,2-4,7-8,11-12,14-17,20H2,1H3,(H,41,46)(H,43,48)(H2,40,42,49)/t29-,30+/m1/s1. The molecule has 0 spiro atoms. The number of nitrogens with zero attached hydrogens (tertiary/aromatic N) is 3. The lowest BCUT2D eigenvalue weighted by Crippen LogP contribution is -2.56. The smallest absolute Gasteiger partial charge is 0.338 e. The molecule has 4 N–H and O–H groups in total. The van der Waals surface area contributed by atoms with E-state index in [4.69, 9.17) is 5.26 Å². The number of anilines is 1. The minimum atomic E-state index is -4.03. The summed E-state index contributed by atoms with van der Waals surface area (Å²) in [5.74, 6) is -8.12. The molecule has 1 heterocycles. The van der Waals surface area contributed by atoms with Gasteiger partial charge in [0.15, 0.2) is 0 Å². The van der Waals surface area contributed by atoms with Crippen molar-refractivity contribution in [3.05, 3.63) is 65.0 Å². The molecular formula is C35H42F3N7O4. The Morgan fingerprint density at radius 2 is 1.67 bits per heavy atom. The highest BCUT2D eigenvalue weighted by atomic mass is 19.3. The van der Waals surface area contributed by atoms with Crippen molar-refractivity contribution in [2.75, 3.05) is 38.5 Å². The van der Waals surface area contributed by atoms with Crippen molar-refractivity contribution in [3.63, 3.8) is 0 Å². The van der Waals surface area contributed by atoms with Crippen LogP contribution in [0.5, 0.6) is 0 Å². The predicted molar refractivity (Wildman–Crippen MR) is 175 cm³/mol. The molecule has 1 aliphatic heterocycles. The van der Waals surface area contributed by atoms with E-state index in [-0.39, 0.29) is 29.6 Å². The molecule has 2 aromatic rings. The lowest BCUT2D eigenvalue weighted by atomic mass is 9.83. The fourth-order valence-corrected chi connectivity index (χ4v) is 6.31. The molecule has 3 aliphatic rings. The van der Waals surface area contributed by atoms with Gasteiger partial charge in [-0.05, 0) is 68.5 Å². The van der Waals surface area contributed by atoms with Gasteiger partial charge in [-0.3, -0.25) is 14.4 Å². The van der Waals surface area contributed by atoms with E-state index < -0.39 is 53.2 Å². The van der Waals surface area contributed by atoms with Crippen LogP contribution < -0.4 is 21.3 Å². The molecule has 2 aliphatic carbocycles. The number of carbonyl (C=O) groups is 4. The molecular weight excluding hydrogens is 639 g/mol. The Labute approximate surface area is 283 Å². The average Bonchev–Trinajstić information content (AvgIpc) is 3.92. The number of likely N-dealkylation sites (N-methyl/N-ethyl adjacent to an activating group) is 1. The van der Waals surface area contributed by atoms with Gasteiger partial charge in [-0.1, -0.05) is 37.5 Å². The monoisotopic (exact) mass is 681 g/mol. The van der Waals surface area contributed by atoms with Crippen LogP contribution in [0.3, 0.4) is 0 Å². The van der Waals surface area contributed by atoms with E-state index >= 15 is 13.2 Å². The maximum atomic E-state index is 15.5. The van der Waals surface area contributed by atoms with Crippen molar-refractivity contribution in [2.24, 2.45) is 5.92 Å². The number of nitrogens with one attached hydrogen (secondary N) is 4. The van der Waals surface area contributed by atoms with Gasteiger partial charge < -0.3 is 31.1 Å². The van der Waals surface area contributed by atoms with Crippen molar-refractivity contribution in [1.29, 1.82) is 5.26 Å². The van der Waals surface area contributed by atoms with E-state index in [9.17, 15) is 19.2 Å². The Morgan fingerprint density at radius 1 is 0.959 bits per heavy atom. The molecule has 2 saturated carbocycles. The number of amides is 5. The molecule has 1 saturated heterocycles. The van der Waals surface area contributed by atoms with Crippen molar-refractivity contribution >= 4 is 29.4 Å². The normalized spacial score (nSPS) is 18.5. The summed E-state index contributed by atoms with van der Waals surface area (Å²) in [4.78, 5) is 56.3. The molecule has 262 valence electrons. The Bertz CT molecular complexity index is 1580. The fourth-order valence-electron chi connectivity index (χ4n) is 6.31. The maximum Gasteiger partial charge on any atom is 0.349 e. The average molecular weight is 682 g/mol. The van der Waals surface area contributed by atoms with Crippen LogP contribution in [0, 0.1) is 23.1 Å². The van der Waals surface area contributed by atoms with Crippen molar-refractivity contribution in [3.8, 4) is 6.07 Å². The molecule has 5 amide bonds. The molecule has 2 atom stereocenters. The number of hydrogen-bond donors (Lipinski definition) is 4. The van der Waals surface area contributed by atoms with Crippen LogP contribution in [0.2, 0.25) is 0 Å². The number of benzene rings is 2. The van der Waals surface area contributed by atoms with Gasteiger partial charge in [0, 0.05) is 44.2 Å². The topological polar surface area (TPSA) is 147 Å². The molecule has 5 rings (SSSR count). The lowest BCUT2D eigenvalue weighted by molar-refractivity contribution is -0.149. The van der Waals surface area contributed by atoms with E-state index in [1.165, 1.54) is 24.3 Å². The number of urea groups is 1. The minimum absolute atomic E-state index is 0.00273. The minimum Gasteiger partial charge on any atom is -0.338 e. The molecule has 2 aromatic carbocycles. The second-order valence-corrected chi connectivity index (χ2v) is 13.2. The lowest BCUT2D eigenvalue weighted by Gasteiger charge is -2.34. The highest BCUT2D eigenvalue weighted by molar-refractivity contribution is 5.98. The molecule has 14 heteroatoms. The third-order valence-electron chi connectivity index (χ3n) is 9.39. The van der Waals surface area contributed by atoms with Gasteiger partial charge in [0.1, 0.15) is 17.9 Å². The first-order valence-electron chi connectivity index (χ1n) is 16.8. The molecule has 0 aromatic heterocycles. The van der Waals surface area contributed by atoms with E-state index in [1.54, 1.807) is 11.0 Å². The van der Waals surface area contributed by atoms with Crippen LogP contribution in [0.1, 0.15) is 61.6 Å². The van der Waals surface area contributed by atoms with Gasteiger partial charge in [-0.2, -0.15) is 14.0 Å². The molecule has 0 unspecified atom stereocenters. The SMILES string of the molecule is CN1CCN(C(=O)[C@@H](Cc2ccc(NC(=O)[C@@H](NC(=O)C(F)(F)c3cccc(C#N)c3)C3CCCCC3)c(F)c2)NC(=O)NC2CC2)CC1. The summed E-state index contributed by atoms with van der Waals surface area (Å²) >= 11 is 0. The number of rotatable bonds is 11. The van der Waals surface area contributed by atoms with Gasteiger partial charge in [0.25, 0.3) is 5.91 Å². The Morgan fingerprint density at radius 3 is 2.33 bits per heavy atom. The quantitative estimate of drug-likeness (QED) is 0.285. The number of carbonyl (C=O) groups excluding carboxylic acids is 4. The Kier molecular flexibility index (Phi) is 11.4. The number of nitriles is 1. The highest BCUT2D eigenvalue weighted by Gasteiger charge is 2.44. The third kappa shape index (κ3) is 9.29. The molecule has 3 fully saturated rings. The van der Waals surface area contributed by atoms with Gasteiger partial charge in [-0.25, -0.2) is 9.18 Å². The molecule has 49 heavy (non-hydrogen) atoms. The summed E-state index contributed by atoms with van der Waals surface area (Å²) in [6, 6.07) is 7.58. The van der Waals surface area contributed by atoms with Gasteiger partial charge in [-0.15, -0.1) is 0 Å². The van der Waals surface area contributed by atoms with E-state index in [2.05, 4.69) is 26.2 Å². The van der Waals surface area contributed by atoms with Gasteiger partial charge >= 0.3 is 12.0 Å². The molecule has 0 radical (unpaired) electrons. The third-order valence-corrected chi connectivity index (χ3v) is 9.39. The highest BCUT2D eigenvalue weighted by Crippen LogP contribution is 2.32. The van der Waals surface area contributed by atoms with Gasteiger partial charge in [0.2, 0.25) is 11.8 Å². The zero-order chi connectivity index (χ0) is 35.1. The van der Waals surface area contributed by atoms with Crippen molar-refractivity contribution in [2.45, 2.75) is 75.4 Å². The summed E-state index contributed by atoms with van der Waals surface area (Å²) in [7, 11) is 1.96. The molecule has 11 nitrogen and oxygen atoms in total. The number of hydrogen-bond acceptors (Lipinski definition) is 6. The van der Waals surface area contributed by atoms with Crippen LogP contribution >= 0.6 is 0 Å². The summed E-state index contributed by atoms with van der Waals surface area (Å²) in [6.45, 7) is 2.36. The van der Waals surface area contributed by atoms with E-state index in [0.717, 1.165) is 50.3 Å². The van der Waals surface area contributed by atoms with E-state index in [0.29, 0.717) is 44.6 Å². The number of halogens is 3. The van der Waals surface area contributed by atoms with Crippen molar-refractivity contribution in [1.82, 2.24) is 25.8 Å². The Hall–Kier alpha value is -4.64. The van der Waals surface area contributed by atoms with Crippen LogP contribution in [-0.4, -0.2) is 84.9 Å². The predicted octanol–water partition coefficient (Wildman–Crippen LogP) is 3.64. The summed E-state index contributed by atoms with van der Waals surface area (Å²) in [6.07, 6.45) is 5.15. The summed E-state index contributed by atoms with van der Waals surface area (Å²) in [5.41, 5.74) is -0.556. The van der Waals surface area contributed by atoms with Crippen LogP contribution in [0.4, 0.5) is 23.7 Å². The number of alkyl halides is 2. The van der Waals surface area contributed by atoms with Crippen LogP contribution in [0.25, 0.3) is 0 Å². The van der Waals surface area contributed by atoms with Crippen LogP contribution in [0.15, 0.2) is 42.5 Å². The zero-order valence-corrected chi connectivity index (χ0v) is 27.4. The molecule has 0 bridgehead atoms. The summed E-state index contributed by atoms with van der Waals surface area (Å²) < 4.78 is 46.0. The largest absolute Gasteiger partial charge is 0.349 e. The van der Waals surface area contributed by atoms with Crippen LogP contribution in [-0.2, 0) is 26.7 Å². The first kappa shape index (κ1) is 35.7. The first-order chi connectivity index (χ1) is 23.4.